The maximum absolute atomic E-state index is 13.2. The summed E-state index contributed by atoms with van der Waals surface area (Å²) in [6.07, 6.45) is -3.09. The zero-order valence-electron chi connectivity index (χ0n) is 17.9. The molecule has 1 heterocycles. The van der Waals surface area contributed by atoms with E-state index in [0.29, 0.717) is 27.6 Å². The minimum Gasteiger partial charge on any atom is -0.289 e. The van der Waals surface area contributed by atoms with E-state index < -0.39 is 11.7 Å². The minimum atomic E-state index is -4.48. The molecule has 0 saturated heterocycles. The fourth-order valence-electron chi connectivity index (χ4n) is 3.88. The number of ketones is 1. The number of pyridine rings is 1. The molecule has 0 saturated carbocycles. The quantitative estimate of drug-likeness (QED) is 0.256. The van der Waals surface area contributed by atoms with Crippen LogP contribution in [0.2, 0.25) is 0 Å². The molecule has 0 amide bonds. The van der Waals surface area contributed by atoms with Gasteiger partial charge in [-0.1, -0.05) is 91.0 Å². The molecule has 2 nitrogen and oxygen atoms in total. The first-order valence-corrected chi connectivity index (χ1v) is 10.7. The number of para-hydroxylation sites is 1. The number of fused-ring (bicyclic) bond motifs is 2. The third-order valence-corrected chi connectivity index (χ3v) is 5.75. The van der Waals surface area contributed by atoms with E-state index >= 15 is 0 Å². The van der Waals surface area contributed by atoms with Crippen molar-refractivity contribution in [3.8, 4) is 22.3 Å². The van der Waals surface area contributed by atoms with Gasteiger partial charge in [0.05, 0.1) is 11.1 Å². The Balaban J connectivity index is 0.000000343. The average Bonchev–Trinajstić information content (AvgIpc) is 2.85. The van der Waals surface area contributed by atoms with Crippen LogP contribution < -0.4 is 0 Å². The van der Waals surface area contributed by atoms with Crippen LogP contribution in [0.1, 0.15) is 21.5 Å². The van der Waals surface area contributed by atoms with Gasteiger partial charge in [0.15, 0.2) is 5.78 Å². The Morgan fingerprint density at radius 3 is 1.94 bits per heavy atom. The van der Waals surface area contributed by atoms with Gasteiger partial charge in [0.1, 0.15) is 0 Å². The van der Waals surface area contributed by atoms with E-state index in [1.807, 2.05) is 6.07 Å². The fraction of sp³-hybridized carbons (Fsp3) is 0.0345. The molecule has 0 unspecified atom stereocenters. The standard InChI is InChI=1S/C23H14F3NO.C6H4/c24-23(25,26)20-12-6-9-16-13-17(14-27-21(16)20)18-10-4-5-11-19(18)22(28)15-7-2-1-3-8-15;1-2-6-4-3-5(1)6/h1-14H;1-4H. The van der Waals surface area contributed by atoms with Crippen molar-refractivity contribution >= 4 is 16.7 Å². The van der Waals surface area contributed by atoms with Crippen LogP contribution in [0.15, 0.2) is 109 Å². The van der Waals surface area contributed by atoms with E-state index in [9.17, 15) is 18.0 Å². The van der Waals surface area contributed by atoms with Crippen molar-refractivity contribution in [2.45, 2.75) is 6.18 Å². The van der Waals surface area contributed by atoms with Gasteiger partial charge in [0, 0.05) is 28.3 Å². The highest BCUT2D eigenvalue weighted by molar-refractivity contribution is 6.13. The molecule has 0 fully saturated rings. The van der Waals surface area contributed by atoms with E-state index in [-0.39, 0.29) is 11.3 Å². The first-order chi connectivity index (χ1) is 16.4. The van der Waals surface area contributed by atoms with Crippen LogP contribution in [0.25, 0.3) is 33.2 Å². The minimum absolute atomic E-state index is 0.106. The highest BCUT2D eigenvalue weighted by Crippen LogP contribution is 2.35. The molecule has 166 valence electrons. The number of halogens is 3. The fourth-order valence-corrected chi connectivity index (χ4v) is 3.88. The van der Waals surface area contributed by atoms with Crippen molar-refractivity contribution in [3.63, 3.8) is 0 Å². The van der Waals surface area contributed by atoms with Crippen LogP contribution in [0.4, 0.5) is 13.2 Å². The first-order valence-electron chi connectivity index (χ1n) is 10.7. The highest BCUT2D eigenvalue weighted by atomic mass is 19.4. The molecule has 5 heteroatoms. The summed E-state index contributed by atoms with van der Waals surface area (Å²) in [5.41, 5.74) is 4.21. The van der Waals surface area contributed by atoms with Crippen molar-refractivity contribution in [3.05, 3.63) is 126 Å². The number of alkyl halides is 3. The molecule has 2 aliphatic carbocycles. The summed E-state index contributed by atoms with van der Waals surface area (Å²) in [5.74, 6) is -0.152. The van der Waals surface area contributed by atoms with Gasteiger partial charge in [-0.3, -0.25) is 9.78 Å². The van der Waals surface area contributed by atoms with Gasteiger partial charge >= 0.3 is 6.18 Å². The highest BCUT2D eigenvalue weighted by Gasteiger charge is 2.33. The number of benzene rings is 4. The molecule has 4 aromatic rings. The zero-order chi connectivity index (χ0) is 23.7. The summed E-state index contributed by atoms with van der Waals surface area (Å²) < 4.78 is 39.6. The predicted octanol–water partition coefficient (Wildman–Crippen LogP) is 7.82. The number of rotatable bonds is 3. The second kappa shape index (κ2) is 8.60. The predicted molar refractivity (Wildman–Crippen MR) is 127 cm³/mol. The van der Waals surface area contributed by atoms with E-state index in [1.165, 1.54) is 23.4 Å². The van der Waals surface area contributed by atoms with Gasteiger partial charge < -0.3 is 0 Å². The third kappa shape index (κ3) is 4.08. The topological polar surface area (TPSA) is 30.0 Å². The summed E-state index contributed by atoms with van der Waals surface area (Å²) in [7, 11) is 0. The summed E-state index contributed by atoms with van der Waals surface area (Å²) in [4.78, 5) is 17.0. The SMILES string of the molecule is O=C(c1ccccc1)c1ccccc1-c1cnc2c(C(F)(F)F)cccc2c1.c1cc2ccc1-2. The molecule has 0 N–H and O–H groups in total. The molecule has 0 atom stereocenters. The number of carbonyl (C=O) groups is 1. The lowest BCUT2D eigenvalue weighted by atomic mass is 9.94. The van der Waals surface area contributed by atoms with Crippen LogP contribution in [-0.4, -0.2) is 10.8 Å². The molecule has 2 aliphatic rings. The summed E-state index contributed by atoms with van der Waals surface area (Å²) in [6, 6.07) is 30.0. The lowest BCUT2D eigenvalue weighted by molar-refractivity contribution is -0.136. The molecular formula is C29H18F3NO. The van der Waals surface area contributed by atoms with Crippen molar-refractivity contribution in [2.75, 3.05) is 0 Å². The first kappa shape index (κ1) is 21.6. The Labute approximate surface area is 194 Å². The van der Waals surface area contributed by atoms with Crippen molar-refractivity contribution in [1.29, 1.82) is 0 Å². The molecule has 3 aromatic carbocycles. The van der Waals surface area contributed by atoms with Crippen LogP contribution in [-0.2, 0) is 6.18 Å². The molecular weight excluding hydrogens is 435 g/mol. The third-order valence-electron chi connectivity index (χ3n) is 5.75. The normalized spacial score (nSPS) is 11.5. The molecule has 0 spiro atoms. The second-order valence-electron chi connectivity index (χ2n) is 7.92. The molecule has 34 heavy (non-hydrogen) atoms. The van der Waals surface area contributed by atoms with Crippen molar-refractivity contribution in [2.24, 2.45) is 0 Å². The maximum Gasteiger partial charge on any atom is 0.418 e. The molecule has 0 bridgehead atoms. The smallest absolute Gasteiger partial charge is 0.289 e. The number of aromatic nitrogens is 1. The van der Waals surface area contributed by atoms with Crippen molar-refractivity contribution in [1.82, 2.24) is 4.98 Å². The van der Waals surface area contributed by atoms with Gasteiger partial charge in [-0.05, 0) is 28.8 Å². The Morgan fingerprint density at radius 1 is 0.676 bits per heavy atom. The number of hydrogen-bond acceptors (Lipinski definition) is 2. The van der Waals surface area contributed by atoms with Crippen LogP contribution in [0.3, 0.4) is 0 Å². The molecule has 0 aliphatic heterocycles. The van der Waals surface area contributed by atoms with E-state index in [2.05, 4.69) is 29.2 Å². The maximum atomic E-state index is 13.2. The molecule has 1 aromatic heterocycles. The number of carbonyl (C=O) groups excluding carboxylic acids is 1. The van der Waals surface area contributed by atoms with E-state index in [4.69, 9.17) is 0 Å². The van der Waals surface area contributed by atoms with Gasteiger partial charge in [0.2, 0.25) is 0 Å². The van der Waals surface area contributed by atoms with Gasteiger partial charge in [-0.15, -0.1) is 0 Å². The zero-order valence-corrected chi connectivity index (χ0v) is 17.9. The Kier molecular flexibility index (Phi) is 5.46. The van der Waals surface area contributed by atoms with Crippen LogP contribution in [0, 0.1) is 0 Å². The number of hydrogen-bond donors (Lipinski definition) is 0. The van der Waals surface area contributed by atoms with Crippen molar-refractivity contribution < 1.29 is 18.0 Å². The van der Waals surface area contributed by atoms with Gasteiger partial charge in [-0.2, -0.15) is 13.2 Å². The molecule has 0 radical (unpaired) electrons. The monoisotopic (exact) mass is 453 g/mol. The summed E-state index contributed by atoms with van der Waals surface area (Å²) in [6.45, 7) is 0. The van der Waals surface area contributed by atoms with Crippen LogP contribution >= 0.6 is 0 Å². The Bertz CT molecular complexity index is 1470. The Hall–Kier alpha value is -4.25. The molecule has 6 rings (SSSR count). The average molecular weight is 453 g/mol. The largest absolute Gasteiger partial charge is 0.418 e. The van der Waals surface area contributed by atoms with E-state index in [0.717, 1.165) is 6.07 Å². The Morgan fingerprint density at radius 2 is 1.32 bits per heavy atom. The van der Waals surface area contributed by atoms with Gasteiger partial charge in [0.25, 0.3) is 0 Å². The lowest BCUT2D eigenvalue weighted by Crippen LogP contribution is -2.06. The summed E-state index contributed by atoms with van der Waals surface area (Å²) in [5, 5.41) is 0.370. The second-order valence-corrected chi connectivity index (χ2v) is 7.92. The number of nitrogens with zero attached hydrogens (tertiary/aromatic N) is 1. The lowest BCUT2D eigenvalue weighted by Gasteiger charge is -2.12. The van der Waals surface area contributed by atoms with E-state index in [1.54, 1.807) is 60.7 Å². The van der Waals surface area contributed by atoms with Crippen LogP contribution in [0.5, 0.6) is 0 Å². The van der Waals surface area contributed by atoms with Gasteiger partial charge in [-0.25, -0.2) is 0 Å². The summed E-state index contributed by atoms with van der Waals surface area (Å²) >= 11 is 0.